The fourth-order valence-electron chi connectivity index (χ4n) is 2.82. The van der Waals surface area contributed by atoms with Crippen molar-refractivity contribution in [3.8, 4) is 0 Å². The van der Waals surface area contributed by atoms with Crippen LogP contribution in [0, 0.1) is 0 Å². The summed E-state index contributed by atoms with van der Waals surface area (Å²) < 4.78 is 0. The molecule has 0 spiro atoms. The predicted octanol–water partition coefficient (Wildman–Crippen LogP) is 3.71. The van der Waals surface area contributed by atoms with Crippen molar-refractivity contribution in [3.63, 3.8) is 0 Å². The first-order chi connectivity index (χ1) is 10.5. The molecule has 1 heterocycles. The van der Waals surface area contributed by atoms with Crippen LogP contribution in [0.1, 0.15) is 18.4 Å². The van der Waals surface area contributed by atoms with Crippen molar-refractivity contribution in [1.29, 1.82) is 0 Å². The first kappa shape index (κ1) is 20.8. The minimum Gasteiger partial charge on any atom is -0.355 e. The van der Waals surface area contributed by atoms with Crippen LogP contribution in [0.4, 0.5) is 0 Å². The smallest absolute Gasteiger partial charge is 0.193 e. The molecule has 0 aromatic heterocycles. The molecular weight excluding hydrogens is 446 g/mol. The van der Waals surface area contributed by atoms with Gasteiger partial charge >= 0.3 is 0 Å². The van der Waals surface area contributed by atoms with Gasteiger partial charge in [-0.2, -0.15) is 0 Å². The zero-order chi connectivity index (χ0) is 16.1. The van der Waals surface area contributed by atoms with Crippen LogP contribution in [-0.4, -0.2) is 56.0 Å². The Morgan fingerprint density at radius 2 is 2.13 bits per heavy atom. The number of benzene rings is 1. The minimum atomic E-state index is 0. The van der Waals surface area contributed by atoms with Crippen molar-refractivity contribution < 1.29 is 0 Å². The van der Waals surface area contributed by atoms with Gasteiger partial charge < -0.3 is 15.1 Å². The van der Waals surface area contributed by atoms with Gasteiger partial charge in [-0.15, -0.1) is 24.0 Å². The van der Waals surface area contributed by atoms with Crippen LogP contribution in [0.25, 0.3) is 0 Å². The largest absolute Gasteiger partial charge is 0.355 e. The van der Waals surface area contributed by atoms with E-state index in [0.29, 0.717) is 16.1 Å². The summed E-state index contributed by atoms with van der Waals surface area (Å²) in [5, 5.41) is 4.63. The number of aliphatic imine (C=N–C) groups is 1. The van der Waals surface area contributed by atoms with Gasteiger partial charge in [0.05, 0.1) is 10.0 Å². The molecule has 7 heteroatoms. The van der Waals surface area contributed by atoms with Crippen molar-refractivity contribution in [2.75, 3.05) is 34.2 Å². The summed E-state index contributed by atoms with van der Waals surface area (Å²) in [6, 6.07) is 6.31. The molecule has 0 radical (unpaired) electrons. The third-order valence-electron chi connectivity index (χ3n) is 4.14. The van der Waals surface area contributed by atoms with E-state index in [1.165, 1.54) is 19.4 Å². The molecule has 1 atom stereocenters. The van der Waals surface area contributed by atoms with Crippen LogP contribution in [0.15, 0.2) is 23.2 Å². The van der Waals surface area contributed by atoms with E-state index in [1.807, 2.05) is 32.3 Å². The molecule has 0 bridgehead atoms. The SMILES string of the molecule is CN=C(NCC1CCCN1C)N(C)Cc1ccc(Cl)c(Cl)c1.I. The van der Waals surface area contributed by atoms with E-state index in [-0.39, 0.29) is 24.0 Å². The van der Waals surface area contributed by atoms with Gasteiger partial charge in [-0.05, 0) is 44.1 Å². The molecule has 4 nitrogen and oxygen atoms in total. The molecule has 1 fully saturated rings. The van der Waals surface area contributed by atoms with Crippen LogP contribution < -0.4 is 5.32 Å². The molecule has 0 saturated carbocycles. The minimum absolute atomic E-state index is 0. The standard InChI is InChI=1S/C16H24Cl2N4.HI/c1-19-16(20-10-13-5-4-8-21(13)2)22(3)11-12-6-7-14(17)15(18)9-12;/h6-7,9,13H,4-5,8,10-11H2,1-3H3,(H,19,20);1H. The predicted molar refractivity (Wildman–Crippen MR) is 110 cm³/mol. The molecule has 1 aromatic rings. The van der Waals surface area contributed by atoms with E-state index >= 15 is 0 Å². The molecule has 0 amide bonds. The van der Waals surface area contributed by atoms with Gasteiger partial charge in [-0.25, -0.2) is 0 Å². The van der Waals surface area contributed by atoms with Crippen molar-refractivity contribution in [1.82, 2.24) is 15.1 Å². The molecule has 1 aliphatic heterocycles. The highest BCUT2D eigenvalue weighted by atomic mass is 127. The van der Waals surface area contributed by atoms with Crippen LogP contribution in [0.2, 0.25) is 10.0 Å². The molecule has 1 aliphatic rings. The summed E-state index contributed by atoms with van der Waals surface area (Å²) in [4.78, 5) is 8.86. The summed E-state index contributed by atoms with van der Waals surface area (Å²) in [6.45, 7) is 2.84. The van der Waals surface area contributed by atoms with Crippen LogP contribution >= 0.6 is 47.2 Å². The maximum atomic E-state index is 6.07. The Hall–Kier alpha value is -0.240. The Balaban J connectivity index is 0.00000264. The Bertz CT molecular complexity index is 539. The second kappa shape index (κ2) is 9.91. The summed E-state index contributed by atoms with van der Waals surface area (Å²) in [5.74, 6) is 0.895. The summed E-state index contributed by atoms with van der Waals surface area (Å²) in [7, 11) is 6.02. The lowest BCUT2D eigenvalue weighted by molar-refractivity contribution is 0.306. The van der Waals surface area contributed by atoms with Crippen LogP contribution in [0.3, 0.4) is 0 Å². The fraction of sp³-hybridized carbons (Fsp3) is 0.562. The van der Waals surface area contributed by atoms with E-state index in [0.717, 1.165) is 24.6 Å². The van der Waals surface area contributed by atoms with Gasteiger partial charge in [-0.3, -0.25) is 4.99 Å². The topological polar surface area (TPSA) is 30.9 Å². The first-order valence-electron chi connectivity index (χ1n) is 7.57. The van der Waals surface area contributed by atoms with Gasteiger partial charge in [0.15, 0.2) is 5.96 Å². The average Bonchev–Trinajstić information content (AvgIpc) is 2.89. The summed E-state index contributed by atoms with van der Waals surface area (Å²) in [6.07, 6.45) is 2.53. The highest BCUT2D eigenvalue weighted by Crippen LogP contribution is 2.23. The van der Waals surface area contributed by atoms with E-state index in [4.69, 9.17) is 23.2 Å². The van der Waals surface area contributed by atoms with Crippen LogP contribution in [0.5, 0.6) is 0 Å². The normalized spacial score (nSPS) is 18.7. The maximum Gasteiger partial charge on any atom is 0.193 e. The number of likely N-dealkylation sites (N-methyl/N-ethyl adjacent to an activating group) is 1. The third kappa shape index (κ3) is 5.96. The van der Waals surface area contributed by atoms with Crippen molar-refractivity contribution in [2.45, 2.75) is 25.4 Å². The molecule has 1 aromatic carbocycles. The van der Waals surface area contributed by atoms with E-state index in [2.05, 4.69) is 27.2 Å². The lowest BCUT2D eigenvalue weighted by Gasteiger charge is -2.26. The Morgan fingerprint density at radius 3 is 2.70 bits per heavy atom. The number of rotatable bonds is 4. The van der Waals surface area contributed by atoms with Gasteiger partial charge in [0.25, 0.3) is 0 Å². The van der Waals surface area contributed by atoms with Gasteiger partial charge in [0.2, 0.25) is 0 Å². The molecule has 23 heavy (non-hydrogen) atoms. The second-order valence-corrected chi connectivity index (χ2v) is 6.62. The monoisotopic (exact) mass is 470 g/mol. The molecule has 1 unspecified atom stereocenters. The number of guanidine groups is 1. The van der Waals surface area contributed by atoms with E-state index in [9.17, 15) is 0 Å². The fourth-order valence-corrected chi connectivity index (χ4v) is 3.14. The van der Waals surface area contributed by atoms with Crippen LogP contribution in [-0.2, 0) is 6.54 Å². The lowest BCUT2D eigenvalue weighted by atomic mass is 10.2. The molecule has 0 aliphatic carbocycles. The van der Waals surface area contributed by atoms with Crippen molar-refractivity contribution in [2.24, 2.45) is 4.99 Å². The van der Waals surface area contributed by atoms with Crippen molar-refractivity contribution in [3.05, 3.63) is 33.8 Å². The molecule has 130 valence electrons. The number of hydrogen-bond acceptors (Lipinski definition) is 2. The molecule has 1 saturated heterocycles. The Labute approximate surface area is 166 Å². The highest BCUT2D eigenvalue weighted by Gasteiger charge is 2.21. The van der Waals surface area contributed by atoms with Gasteiger partial charge in [0.1, 0.15) is 0 Å². The molecular formula is C16H25Cl2IN4. The quantitative estimate of drug-likeness (QED) is 0.413. The zero-order valence-electron chi connectivity index (χ0n) is 13.9. The average molecular weight is 471 g/mol. The van der Waals surface area contributed by atoms with Gasteiger partial charge in [0, 0.05) is 33.2 Å². The molecule has 1 N–H and O–H groups in total. The molecule has 2 rings (SSSR count). The number of likely N-dealkylation sites (tertiary alicyclic amines) is 1. The highest BCUT2D eigenvalue weighted by molar-refractivity contribution is 14.0. The Kier molecular flexibility index (Phi) is 8.97. The lowest BCUT2D eigenvalue weighted by Crippen LogP contribution is -2.44. The number of halogens is 3. The first-order valence-corrected chi connectivity index (χ1v) is 8.33. The number of nitrogens with one attached hydrogen (secondary N) is 1. The van der Waals surface area contributed by atoms with E-state index < -0.39 is 0 Å². The maximum absolute atomic E-state index is 6.07. The Morgan fingerprint density at radius 1 is 1.39 bits per heavy atom. The number of nitrogens with zero attached hydrogens (tertiary/aromatic N) is 3. The van der Waals surface area contributed by atoms with Crippen molar-refractivity contribution >= 4 is 53.1 Å². The zero-order valence-corrected chi connectivity index (χ0v) is 17.7. The number of hydrogen-bond donors (Lipinski definition) is 1. The van der Waals surface area contributed by atoms with Gasteiger partial charge in [-0.1, -0.05) is 29.3 Å². The third-order valence-corrected chi connectivity index (χ3v) is 4.88. The summed E-state index contributed by atoms with van der Waals surface area (Å²) in [5.41, 5.74) is 1.11. The second-order valence-electron chi connectivity index (χ2n) is 5.81. The summed E-state index contributed by atoms with van der Waals surface area (Å²) >= 11 is 12.0. The van der Waals surface area contributed by atoms with E-state index in [1.54, 1.807) is 0 Å².